The first kappa shape index (κ1) is 101. The molecule has 0 aliphatic rings. The van der Waals surface area contributed by atoms with Crippen LogP contribution in [0.15, 0.2) is 60.8 Å². The van der Waals surface area contributed by atoms with Gasteiger partial charge in [0.2, 0.25) is 0 Å². The molecule has 104 heavy (non-hydrogen) atoms. The maximum Gasteiger partial charge on any atom is 0.472 e. The van der Waals surface area contributed by atoms with Crippen LogP contribution in [0.5, 0.6) is 0 Å². The first-order valence-corrected chi connectivity index (χ1v) is 45.5. The van der Waals surface area contributed by atoms with Crippen molar-refractivity contribution in [2.75, 3.05) is 39.6 Å². The molecule has 0 radical (unpaired) electrons. The molecule has 608 valence electrons. The molecule has 19 heteroatoms. The Morgan fingerprint density at radius 1 is 0.269 bits per heavy atom. The summed E-state index contributed by atoms with van der Waals surface area (Å²) < 4.78 is 68.7. The fraction of sp³-hybridized carbons (Fsp3) is 0.835. The number of ether oxygens (including phenoxy) is 4. The molecule has 0 amide bonds. The number of hydrogen-bond acceptors (Lipinski definition) is 15. The molecule has 0 aliphatic heterocycles. The van der Waals surface area contributed by atoms with Gasteiger partial charge >= 0.3 is 39.5 Å². The van der Waals surface area contributed by atoms with Gasteiger partial charge in [-0.15, -0.1) is 0 Å². The van der Waals surface area contributed by atoms with Crippen LogP contribution in [-0.4, -0.2) is 96.7 Å². The van der Waals surface area contributed by atoms with Gasteiger partial charge in [0.05, 0.1) is 26.4 Å². The van der Waals surface area contributed by atoms with Crippen LogP contribution >= 0.6 is 15.6 Å². The van der Waals surface area contributed by atoms with E-state index < -0.39 is 97.5 Å². The Labute approximate surface area is 635 Å². The maximum absolute atomic E-state index is 13.1. The van der Waals surface area contributed by atoms with E-state index in [-0.39, 0.29) is 25.7 Å². The predicted octanol–water partition coefficient (Wildman–Crippen LogP) is 25.0. The van der Waals surface area contributed by atoms with Crippen molar-refractivity contribution in [2.45, 2.75) is 418 Å². The van der Waals surface area contributed by atoms with Gasteiger partial charge in [0.1, 0.15) is 19.3 Å². The molecule has 0 bridgehead atoms. The number of phosphoric ester groups is 2. The van der Waals surface area contributed by atoms with Gasteiger partial charge in [0, 0.05) is 25.7 Å². The minimum atomic E-state index is -4.99. The van der Waals surface area contributed by atoms with Crippen molar-refractivity contribution in [1.29, 1.82) is 0 Å². The number of allylic oxidation sites excluding steroid dienone is 10. The van der Waals surface area contributed by atoms with Gasteiger partial charge in [0.15, 0.2) is 12.2 Å². The number of carbonyl (C=O) groups is 4. The second kappa shape index (κ2) is 77.9. The summed E-state index contributed by atoms with van der Waals surface area (Å²) in [5.74, 6) is -2.21. The molecular formula is C85H156O17P2. The molecule has 5 atom stereocenters. The lowest BCUT2D eigenvalue weighted by molar-refractivity contribution is -0.161. The second-order valence-electron chi connectivity index (χ2n) is 28.8. The Morgan fingerprint density at radius 3 is 0.788 bits per heavy atom. The Kier molecular flexibility index (Phi) is 75.5. The number of rotatable bonds is 81. The van der Waals surface area contributed by atoms with E-state index >= 15 is 0 Å². The van der Waals surface area contributed by atoms with Gasteiger partial charge in [-0.1, -0.05) is 345 Å². The Morgan fingerprint density at radius 2 is 0.481 bits per heavy atom. The van der Waals surface area contributed by atoms with Crippen LogP contribution in [0, 0.1) is 0 Å². The highest BCUT2D eigenvalue weighted by molar-refractivity contribution is 7.47. The third kappa shape index (κ3) is 76.9. The summed E-state index contributed by atoms with van der Waals surface area (Å²) in [5.41, 5.74) is 0. The van der Waals surface area contributed by atoms with Crippen LogP contribution in [0.2, 0.25) is 0 Å². The van der Waals surface area contributed by atoms with Crippen molar-refractivity contribution < 1.29 is 80.2 Å². The first-order valence-electron chi connectivity index (χ1n) is 42.5. The average Bonchev–Trinajstić information content (AvgIpc) is 0.907. The quantitative estimate of drug-likeness (QED) is 0.0169. The average molecular weight is 1510 g/mol. The van der Waals surface area contributed by atoms with Crippen molar-refractivity contribution in [3.8, 4) is 0 Å². The standard InChI is InChI=1S/C85H156O17P2/c1-5-9-13-17-21-25-29-33-37-39-43-47-51-55-59-63-67-71-84(89)101-80(75-95-82(87)69-65-61-57-53-49-45-41-35-31-27-23-19-15-11-7-3)77-99-103(91,92)97-73-79(86)74-98-104(93,94)100-78-81(76-96-83(88)70-66-62-58-54-50-46-42-36-32-28-24-20-16-12-8-4)102-85(90)72-68-64-60-56-52-48-44-40-38-34-30-26-22-18-14-10-6-2/h21,25,33,35,37,41,43,47,55,59,79-81,86H,5-20,22-24,26-32,34,36,38-40,42,44-46,48-54,56-58,60-78H2,1-4H3,(H,91,92)(H,93,94)/b25-21-,37-33-,41-35-,47-43-,59-55-/t79-,80-,81-/m1/s1. The van der Waals surface area contributed by atoms with Gasteiger partial charge in [-0.2, -0.15) is 0 Å². The van der Waals surface area contributed by atoms with Gasteiger partial charge in [0.25, 0.3) is 0 Å². The lowest BCUT2D eigenvalue weighted by Gasteiger charge is -2.21. The number of hydrogen-bond donors (Lipinski definition) is 3. The third-order valence-corrected chi connectivity index (χ3v) is 20.4. The monoisotopic (exact) mass is 1510 g/mol. The molecule has 0 saturated heterocycles. The molecule has 17 nitrogen and oxygen atoms in total. The smallest absolute Gasteiger partial charge is 0.462 e. The van der Waals surface area contributed by atoms with E-state index in [1.165, 1.54) is 205 Å². The molecule has 0 aromatic carbocycles. The number of aliphatic hydroxyl groups is 1. The van der Waals surface area contributed by atoms with E-state index in [9.17, 15) is 43.2 Å². The summed E-state index contributed by atoms with van der Waals surface area (Å²) in [6.07, 6.45) is 79.0. The lowest BCUT2D eigenvalue weighted by Crippen LogP contribution is -2.30. The van der Waals surface area contributed by atoms with Crippen molar-refractivity contribution in [2.24, 2.45) is 0 Å². The molecule has 0 saturated carbocycles. The Bertz CT molecular complexity index is 2200. The zero-order chi connectivity index (χ0) is 76.0. The molecule has 0 spiro atoms. The molecule has 0 fully saturated rings. The first-order chi connectivity index (χ1) is 50.7. The number of esters is 4. The van der Waals surface area contributed by atoms with Gasteiger partial charge < -0.3 is 33.8 Å². The molecule has 0 aliphatic carbocycles. The fourth-order valence-electron chi connectivity index (χ4n) is 12.0. The maximum atomic E-state index is 13.1. The van der Waals surface area contributed by atoms with Crippen molar-refractivity contribution in [3.63, 3.8) is 0 Å². The highest BCUT2D eigenvalue weighted by atomic mass is 31.2. The van der Waals surface area contributed by atoms with E-state index in [4.69, 9.17) is 37.0 Å². The van der Waals surface area contributed by atoms with Crippen LogP contribution in [0.25, 0.3) is 0 Å². The fourth-order valence-corrected chi connectivity index (χ4v) is 13.6. The van der Waals surface area contributed by atoms with E-state index in [0.717, 1.165) is 109 Å². The highest BCUT2D eigenvalue weighted by Crippen LogP contribution is 2.45. The van der Waals surface area contributed by atoms with Crippen molar-refractivity contribution in [1.82, 2.24) is 0 Å². The molecule has 0 aromatic rings. The summed E-state index contributed by atoms with van der Waals surface area (Å²) in [6.45, 7) is 4.88. The zero-order valence-corrected chi connectivity index (χ0v) is 68.5. The van der Waals surface area contributed by atoms with E-state index in [1.807, 2.05) is 12.2 Å². The summed E-state index contributed by atoms with van der Waals surface area (Å²) in [4.78, 5) is 73.1. The molecule has 0 rings (SSSR count). The van der Waals surface area contributed by atoms with Crippen LogP contribution in [0.1, 0.15) is 400 Å². The van der Waals surface area contributed by atoms with E-state index in [2.05, 4.69) is 76.3 Å². The summed E-state index contributed by atoms with van der Waals surface area (Å²) >= 11 is 0. The van der Waals surface area contributed by atoms with E-state index in [0.29, 0.717) is 32.1 Å². The molecule has 0 aromatic heterocycles. The largest absolute Gasteiger partial charge is 0.472 e. The normalized spacial score (nSPS) is 14.1. The number of unbranched alkanes of at least 4 members (excludes halogenated alkanes) is 45. The van der Waals surface area contributed by atoms with Gasteiger partial charge in [-0.3, -0.25) is 37.3 Å². The van der Waals surface area contributed by atoms with Gasteiger partial charge in [-0.25, -0.2) is 9.13 Å². The molecule has 0 heterocycles. The minimum Gasteiger partial charge on any atom is -0.462 e. The topological polar surface area (TPSA) is 237 Å². The summed E-state index contributed by atoms with van der Waals surface area (Å²) in [5, 5.41) is 10.7. The van der Waals surface area contributed by atoms with Crippen LogP contribution < -0.4 is 0 Å². The third-order valence-electron chi connectivity index (χ3n) is 18.5. The highest BCUT2D eigenvalue weighted by Gasteiger charge is 2.30. The Hall–Kier alpha value is -3.24. The number of phosphoric acid groups is 2. The second-order valence-corrected chi connectivity index (χ2v) is 31.7. The van der Waals surface area contributed by atoms with E-state index in [1.54, 1.807) is 0 Å². The van der Waals surface area contributed by atoms with Crippen LogP contribution in [0.3, 0.4) is 0 Å². The van der Waals surface area contributed by atoms with Gasteiger partial charge in [-0.05, 0) is 89.9 Å². The lowest BCUT2D eigenvalue weighted by atomic mass is 10.0. The summed E-state index contributed by atoms with van der Waals surface area (Å²) in [7, 11) is -9.96. The summed E-state index contributed by atoms with van der Waals surface area (Å²) in [6, 6.07) is 0. The van der Waals surface area contributed by atoms with Crippen molar-refractivity contribution in [3.05, 3.63) is 60.8 Å². The van der Waals surface area contributed by atoms with Crippen LogP contribution in [-0.2, 0) is 65.4 Å². The predicted molar refractivity (Wildman–Crippen MR) is 427 cm³/mol. The number of aliphatic hydroxyl groups excluding tert-OH is 1. The van der Waals surface area contributed by atoms with Crippen molar-refractivity contribution >= 4 is 39.5 Å². The molecule has 2 unspecified atom stereocenters. The Balaban J connectivity index is 5.37. The molecule has 3 N–H and O–H groups in total. The number of carbonyl (C=O) groups excluding carboxylic acids is 4. The zero-order valence-electron chi connectivity index (χ0n) is 66.7. The van der Waals surface area contributed by atoms with Crippen LogP contribution in [0.4, 0.5) is 0 Å². The SMILES string of the molecule is CCCCC/C=C\C/C=C\C/C=C\C/C=C\CCCC(=O)O[C@H](COC(=O)CCCCCCC/C=C\CCCCCCCC)COP(=O)(O)OC[C@@H](O)COP(=O)(O)OC[C@@H](COC(=O)CCCCCCCCCCCCCCCCC)OC(=O)CCCCCCCCCCCCCCCCCCC. The minimum absolute atomic E-state index is 0.0216. The molecular weight excluding hydrogens is 1350 g/mol.